The third kappa shape index (κ3) is 3.40. The molecule has 2 aromatic carbocycles. The second-order valence-electron chi connectivity index (χ2n) is 4.17. The predicted octanol–water partition coefficient (Wildman–Crippen LogP) is 3.42. The van der Waals surface area contributed by atoms with Crippen molar-refractivity contribution in [2.75, 3.05) is 0 Å². The monoisotopic (exact) mass is 229 g/mol. The van der Waals surface area contributed by atoms with Gasteiger partial charge in [-0.05, 0) is 29.7 Å². The Morgan fingerprint density at radius 3 is 2.35 bits per heavy atom. The van der Waals surface area contributed by atoms with Gasteiger partial charge in [-0.1, -0.05) is 42.5 Å². The van der Waals surface area contributed by atoms with Crippen molar-refractivity contribution in [3.05, 3.63) is 71.0 Å². The molecule has 0 aromatic heterocycles. The first-order chi connectivity index (χ1) is 8.25. The smallest absolute Gasteiger partial charge is 0.126 e. The van der Waals surface area contributed by atoms with Crippen molar-refractivity contribution in [1.82, 2.24) is 5.32 Å². The highest BCUT2D eigenvalue weighted by atomic mass is 19.1. The second-order valence-corrected chi connectivity index (χ2v) is 4.17. The highest BCUT2D eigenvalue weighted by Gasteiger charge is 1.98. The topological polar surface area (TPSA) is 12.0 Å². The average molecular weight is 229 g/mol. The molecule has 88 valence electrons. The molecule has 0 aliphatic heterocycles. The molecule has 2 heteroatoms. The molecule has 0 saturated carbocycles. The lowest BCUT2D eigenvalue weighted by Gasteiger charge is -2.06. The zero-order chi connectivity index (χ0) is 12.1. The summed E-state index contributed by atoms with van der Waals surface area (Å²) < 4.78 is 13.1. The van der Waals surface area contributed by atoms with Crippen LogP contribution in [0, 0.1) is 12.7 Å². The molecule has 0 saturated heterocycles. The van der Waals surface area contributed by atoms with Gasteiger partial charge in [0.2, 0.25) is 0 Å². The molecule has 0 heterocycles. The normalized spacial score (nSPS) is 10.5. The van der Waals surface area contributed by atoms with Crippen LogP contribution < -0.4 is 5.32 Å². The maximum absolute atomic E-state index is 13.1. The molecule has 0 spiro atoms. The van der Waals surface area contributed by atoms with E-state index in [1.807, 2.05) is 30.3 Å². The molecule has 2 rings (SSSR count). The Hall–Kier alpha value is -1.67. The van der Waals surface area contributed by atoms with E-state index in [0.29, 0.717) is 5.56 Å². The lowest BCUT2D eigenvalue weighted by molar-refractivity contribution is 0.615. The van der Waals surface area contributed by atoms with Crippen LogP contribution in [0.25, 0.3) is 0 Å². The number of hydrogen-bond acceptors (Lipinski definition) is 1. The predicted molar refractivity (Wildman–Crippen MR) is 68.1 cm³/mol. The van der Waals surface area contributed by atoms with Crippen LogP contribution in [0.2, 0.25) is 0 Å². The summed E-state index contributed by atoms with van der Waals surface area (Å²) in [5.74, 6) is -0.142. The standard InChI is InChI=1S/C15H16FN/c1-12-9-14(7-8-15(12)16)11-17-10-13-5-3-2-4-6-13/h2-9,17H,10-11H2,1H3. The minimum absolute atomic E-state index is 0.142. The SMILES string of the molecule is Cc1cc(CNCc2ccccc2)ccc1F. The molecule has 0 aliphatic rings. The van der Waals surface area contributed by atoms with Crippen molar-refractivity contribution >= 4 is 0 Å². The van der Waals surface area contributed by atoms with Crippen LogP contribution >= 0.6 is 0 Å². The van der Waals surface area contributed by atoms with E-state index >= 15 is 0 Å². The number of aryl methyl sites for hydroxylation is 1. The van der Waals surface area contributed by atoms with Crippen molar-refractivity contribution in [2.24, 2.45) is 0 Å². The Balaban J connectivity index is 1.88. The minimum Gasteiger partial charge on any atom is -0.309 e. The van der Waals surface area contributed by atoms with Gasteiger partial charge < -0.3 is 5.32 Å². The summed E-state index contributed by atoms with van der Waals surface area (Å²) in [6.07, 6.45) is 0. The largest absolute Gasteiger partial charge is 0.309 e. The zero-order valence-electron chi connectivity index (χ0n) is 9.91. The van der Waals surface area contributed by atoms with Gasteiger partial charge in [-0.15, -0.1) is 0 Å². The summed E-state index contributed by atoms with van der Waals surface area (Å²) in [6.45, 7) is 3.38. The fourth-order valence-electron chi connectivity index (χ4n) is 1.76. The summed E-state index contributed by atoms with van der Waals surface area (Å²) in [5, 5.41) is 3.34. The van der Waals surface area contributed by atoms with Crippen molar-refractivity contribution in [1.29, 1.82) is 0 Å². The van der Waals surface area contributed by atoms with Gasteiger partial charge in [-0.25, -0.2) is 4.39 Å². The molecule has 1 N–H and O–H groups in total. The van der Waals surface area contributed by atoms with Crippen molar-refractivity contribution in [3.63, 3.8) is 0 Å². The molecule has 0 radical (unpaired) electrons. The van der Waals surface area contributed by atoms with E-state index in [9.17, 15) is 4.39 Å². The fourth-order valence-corrected chi connectivity index (χ4v) is 1.76. The maximum Gasteiger partial charge on any atom is 0.126 e. The Kier molecular flexibility index (Phi) is 3.89. The number of rotatable bonds is 4. The summed E-state index contributed by atoms with van der Waals surface area (Å²) in [7, 11) is 0. The van der Waals surface area contributed by atoms with E-state index in [-0.39, 0.29) is 5.82 Å². The minimum atomic E-state index is -0.142. The second kappa shape index (κ2) is 5.60. The first kappa shape index (κ1) is 11.8. The highest BCUT2D eigenvalue weighted by molar-refractivity contribution is 5.24. The third-order valence-electron chi connectivity index (χ3n) is 2.72. The van der Waals surface area contributed by atoms with Crippen LogP contribution in [0.5, 0.6) is 0 Å². The first-order valence-electron chi connectivity index (χ1n) is 5.75. The van der Waals surface area contributed by atoms with Gasteiger partial charge in [-0.3, -0.25) is 0 Å². The van der Waals surface area contributed by atoms with E-state index in [2.05, 4.69) is 17.4 Å². The van der Waals surface area contributed by atoms with Gasteiger partial charge in [0, 0.05) is 13.1 Å². The van der Waals surface area contributed by atoms with Gasteiger partial charge >= 0.3 is 0 Å². The zero-order valence-corrected chi connectivity index (χ0v) is 9.91. The van der Waals surface area contributed by atoms with E-state index in [1.165, 1.54) is 11.6 Å². The average Bonchev–Trinajstić information content (AvgIpc) is 2.35. The summed E-state index contributed by atoms with van der Waals surface area (Å²) in [4.78, 5) is 0. The Labute approximate surface area is 101 Å². The van der Waals surface area contributed by atoms with Crippen LogP contribution in [0.3, 0.4) is 0 Å². The molecular formula is C15H16FN. The van der Waals surface area contributed by atoms with E-state index in [1.54, 1.807) is 6.92 Å². The molecule has 0 amide bonds. The van der Waals surface area contributed by atoms with Gasteiger partial charge in [0.05, 0.1) is 0 Å². The van der Waals surface area contributed by atoms with Crippen molar-refractivity contribution < 1.29 is 4.39 Å². The van der Waals surface area contributed by atoms with Crippen LogP contribution in [-0.2, 0) is 13.1 Å². The van der Waals surface area contributed by atoms with E-state index in [0.717, 1.165) is 18.7 Å². The Bertz CT molecular complexity index is 480. The maximum atomic E-state index is 13.1. The van der Waals surface area contributed by atoms with Gasteiger partial charge in [0.15, 0.2) is 0 Å². The quantitative estimate of drug-likeness (QED) is 0.847. The Morgan fingerprint density at radius 1 is 0.941 bits per heavy atom. The molecule has 2 aromatic rings. The van der Waals surface area contributed by atoms with E-state index < -0.39 is 0 Å². The number of halogens is 1. The van der Waals surface area contributed by atoms with Crippen LogP contribution in [-0.4, -0.2) is 0 Å². The molecular weight excluding hydrogens is 213 g/mol. The lowest BCUT2D eigenvalue weighted by atomic mass is 10.1. The van der Waals surface area contributed by atoms with E-state index in [4.69, 9.17) is 0 Å². The van der Waals surface area contributed by atoms with Crippen LogP contribution in [0.4, 0.5) is 4.39 Å². The van der Waals surface area contributed by atoms with Crippen LogP contribution in [0.15, 0.2) is 48.5 Å². The number of nitrogens with one attached hydrogen (secondary N) is 1. The van der Waals surface area contributed by atoms with Gasteiger partial charge in [0.1, 0.15) is 5.82 Å². The van der Waals surface area contributed by atoms with Crippen molar-refractivity contribution in [3.8, 4) is 0 Å². The Morgan fingerprint density at radius 2 is 1.65 bits per heavy atom. The number of benzene rings is 2. The van der Waals surface area contributed by atoms with Crippen LogP contribution in [0.1, 0.15) is 16.7 Å². The first-order valence-corrected chi connectivity index (χ1v) is 5.75. The lowest BCUT2D eigenvalue weighted by Crippen LogP contribution is -2.12. The summed E-state index contributed by atoms with van der Waals surface area (Å²) in [5.41, 5.74) is 3.06. The molecule has 0 fully saturated rings. The molecule has 17 heavy (non-hydrogen) atoms. The molecule has 1 nitrogen and oxygen atoms in total. The van der Waals surface area contributed by atoms with Crippen molar-refractivity contribution in [2.45, 2.75) is 20.0 Å². The fraction of sp³-hybridized carbons (Fsp3) is 0.200. The molecule has 0 atom stereocenters. The van der Waals surface area contributed by atoms with Gasteiger partial charge in [0.25, 0.3) is 0 Å². The summed E-state index contributed by atoms with van der Waals surface area (Å²) in [6, 6.07) is 15.5. The molecule has 0 aliphatic carbocycles. The summed E-state index contributed by atoms with van der Waals surface area (Å²) >= 11 is 0. The molecule has 0 bridgehead atoms. The highest BCUT2D eigenvalue weighted by Crippen LogP contribution is 2.09. The number of hydrogen-bond donors (Lipinski definition) is 1. The van der Waals surface area contributed by atoms with Gasteiger partial charge in [-0.2, -0.15) is 0 Å². The third-order valence-corrected chi connectivity index (χ3v) is 2.72. The molecule has 0 unspecified atom stereocenters.